The molecule has 1 aliphatic heterocycles. The first-order valence-electron chi connectivity index (χ1n) is 6.26. The number of hydrogen-bond acceptors (Lipinski definition) is 4. The largest absolute Gasteiger partial charge is 0.314 e. The number of nitrogens with zero attached hydrogens (tertiary/aromatic N) is 1. The molecule has 0 spiro atoms. The molecular weight excluding hydrogens is 300 g/mol. The van der Waals surface area contributed by atoms with Crippen LogP contribution in [0.2, 0.25) is 0 Å². The van der Waals surface area contributed by atoms with Crippen molar-refractivity contribution in [2.75, 3.05) is 19.6 Å². The smallest absolute Gasteiger partial charge is 0.243 e. The molecule has 0 aromatic heterocycles. The van der Waals surface area contributed by atoms with Crippen molar-refractivity contribution in [3.63, 3.8) is 0 Å². The molecule has 1 aliphatic rings. The van der Waals surface area contributed by atoms with Crippen molar-refractivity contribution in [2.24, 2.45) is 0 Å². The zero-order valence-electron chi connectivity index (χ0n) is 11.5. The van der Waals surface area contributed by atoms with Gasteiger partial charge in [-0.2, -0.15) is 4.31 Å². The Morgan fingerprint density at radius 3 is 2.70 bits per heavy atom. The third kappa shape index (κ3) is 3.38. The summed E-state index contributed by atoms with van der Waals surface area (Å²) in [4.78, 5) is 11.5. The molecule has 20 heavy (non-hydrogen) atoms. The van der Waals surface area contributed by atoms with Gasteiger partial charge in [0.1, 0.15) is 0 Å². The summed E-state index contributed by atoms with van der Waals surface area (Å²) in [6, 6.07) is 6.14. The molecule has 112 valence electrons. The van der Waals surface area contributed by atoms with Crippen LogP contribution < -0.4 is 5.32 Å². The van der Waals surface area contributed by atoms with Crippen LogP contribution in [0.3, 0.4) is 0 Å². The van der Waals surface area contributed by atoms with Gasteiger partial charge in [0.15, 0.2) is 5.78 Å². The number of hydrogen-bond donors (Lipinski definition) is 1. The van der Waals surface area contributed by atoms with Crippen LogP contribution in [0.1, 0.15) is 24.2 Å². The van der Waals surface area contributed by atoms with E-state index >= 15 is 0 Å². The molecule has 1 N–H and O–H groups in total. The quantitative estimate of drug-likeness (QED) is 0.853. The number of benzene rings is 1. The number of halogens is 1. The first-order valence-corrected chi connectivity index (χ1v) is 7.70. The maximum absolute atomic E-state index is 12.6. The van der Waals surface area contributed by atoms with Crippen molar-refractivity contribution in [3.05, 3.63) is 29.8 Å². The molecule has 1 aromatic rings. The van der Waals surface area contributed by atoms with Crippen molar-refractivity contribution in [2.45, 2.75) is 24.8 Å². The van der Waals surface area contributed by atoms with E-state index in [-0.39, 0.29) is 29.1 Å². The van der Waals surface area contributed by atoms with E-state index in [2.05, 4.69) is 5.32 Å². The lowest BCUT2D eigenvalue weighted by molar-refractivity contribution is 0.101. The summed E-state index contributed by atoms with van der Waals surface area (Å²) in [6.07, 6.45) is 0. The molecule has 0 aliphatic carbocycles. The molecule has 2 rings (SSSR count). The van der Waals surface area contributed by atoms with Crippen LogP contribution in [0.15, 0.2) is 29.2 Å². The lowest BCUT2D eigenvalue weighted by Crippen LogP contribution is -2.52. The third-order valence-corrected chi connectivity index (χ3v) is 5.30. The SMILES string of the molecule is CC(=O)c1cccc(S(=O)(=O)N2CCNCC2C)c1.Cl. The average Bonchev–Trinajstić information content (AvgIpc) is 2.39. The standard InChI is InChI=1S/C13H18N2O3S.ClH/c1-10-9-14-6-7-15(10)19(17,18)13-5-3-4-12(8-13)11(2)16;/h3-5,8,10,14H,6-7,9H2,1-2H3;1H. The van der Waals surface area contributed by atoms with Crippen LogP contribution in [0.5, 0.6) is 0 Å². The van der Waals surface area contributed by atoms with E-state index in [4.69, 9.17) is 0 Å². The Labute approximate surface area is 125 Å². The van der Waals surface area contributed by atoms with Gasteiger partial charge in [-0.25, -0.2) is 8.42 Å². The van der Waals surface area contributed by atoms with Crippen LogP contribution in [-0.4, -0.2) is 44.2 Å². The van der Waals surface area contributed by atoms with Gasteiger partial charge in [-0.05, 0) is 26.0 Å². The number of piperazine rings is 1. The van der Waals surface area contributed by atoms with Gasteiger partial charge in [-0.3, -0.25) is 4.79 Å². The van der Waals surface area contributed by atoms with Gasteiger partial charge in [0.05, 0.1) is 4.90 Å². The van der Waals surface area contributed by atoms with Crippen LogP contribution >= 0.6 is 12.4 Å². The highest BCUT2D eigenvalue weighted by Gasteiger charge is 2.30. The van der Waals surface area contributed by atoms with E-state index in [0.717, 1.165) is 0 Å². The van der Waals surface area contributed by atoms with Crippen LogP contribution in [0.25, 0.3) is 0 Å². The second-order valence-corrected chi connectivity index (χ2v) is 6.64. The third-order valence-electron chi connectivity index (χ3n) is 3.29. The summed E-state index contributed by atoms with van der Waals surface area (Å²) in [5.74, 6) is -0.134. The van der Waals surface area contributed by atoms with Crippen LogP contribution in [0, 0.1) is 0 Å². The molecule has 1 unspecified atom stereocenters. The summed E-state index contributed by atoms with van der Waals surface area (Å²) >= 11 is 0. The zero-order valence-corrected chi connectivity index (χ0v) is 13.1. The van der Waals surface area contributed by atoms with Crippen molar-refractivity contribution in [3.8, 4) is 0 Å². The number of carbonyl (C=O) groups is 1. The van der Waals surface area contributed by atoms with Crippen LogP contribution in [0.4, 0.5) is 0 Å². The lowest BCUT2D eigenvalue weighted by Gasteiger charge is -2.32. The zero-order chi connectivity index (χ0) is 14.0. The molecule has 1 atom stereocenters. The Balaban J connectivity index is 0.00000200. The first-order chi connectivity index (χ1) is 8.93. The molecule has 0 radical (unpaired) electrons. The van der Waals surface area contributed by atoms with Gasteiger partial charge in [-0.15, -0.1) is 12.4 Å². The Morgan fingerprint density at radius 2 is 2.10 bits per heavy atom. The van der Waals surface area contributed by atoms with E-state index in [1.807, 2.05) is 6.92 Å². The lowest BCUT2D eigenvalue weighted by atomic mass is 10.2. The van der Waals surface area contributed by atoms with Gasteiger partial charge in [0.2, 0.25) is 10.0 Å². The minimum absolute atomic E-state index is 0. The van der Waals surface area contributed by atoms with Crippen molar-refractivity contribution >= 4 is 28.2 Å². The van der Waals surface area contributed by atoms with Gasteiger partial charge < -0.3 is 5.32 Å². The number of Topliss-reactive ketones (excluding diaryl/α,β-unsaturated/α-hetero) is 1. The molecule has 0 bridgehead atoms. The topological polar surface area (TPSA) is 66.5 Å². The number of sulfonamides is 1. The van der Waals surface area contributed by atoms with Gasteiger partial charge in [0.25, 0.3) is 0 Å². The first kappa shape index (κ1) is 17.1. The second-order valence-electron chi connectivity index (χ2n) is 4.75. The highest BCUT2D eigenvalue weighted by molar-refractivity contribution is 7.89. The van der Waals surface area contributed by atoms with Crippen molar-refractivity contribution in [1.29, 1.82) is 0 Å². The molecule has 0 amide bonds. The van der Waals surface area contributed by atoms with Gasteiger partial charge in [0, 0.05) is 31.2 Å². The molecule has 1 heterocycles. The molecule has 1 fully saturated rings. The average molecular weight is 319 g/mol. The highest BCUT2D eigenvalue weighted by atomic mass is 35.5. The molecule has 0 saturated carbocycles. The molecule has 1 saturated heterocycles. The summed E-state index contributed by atoms with van der Waals surface area (Å²) in [5.41, 5.74) is 0.420. The summed E-state index contributed by atoms with van der Waals surface area (Å²) in [5, 5.41) is 3.16. The maximum Gasteiger partial charge on any atom is 0.243 e. The van der Waals surface area contributed by atoms with Gasteiger partial charge >= 0.3 is 0 Å². The van der Waals surface area contributed by atoms with Crippen molar-refractivity contribution in [1.82, 2.24) is 9.62 Å². The summed E-state index contributed by atoms with van der Waals surface area (Å²) in [6.45, 7) is 5.05. The fourth-order valence-electron chi connectivity index (χ4n) is 2.19. The second kappa shape index (κ2) is 6.67. The van der Waals surface area contributed by atoms with Crippen LogP contribution in [-0.2, 0) is 10.0 Å². The van der Waals surface area contributed by atoms with E-state index < -0.39 is 10.0 Å². The van der Waals surface area contributed by atoms with Gasteiger partial charge in [-0.1, -0.05) is 12.1 Å². The molecule has 1 aromatic carbocycles. The Kier molecular flexibility index (Phi) is 5.70. The Morgan fingerprint density at radius 1 is 1.40 bits per heavy atom. The fraction of sp³-hybridized carbons (Fsp3) is 0.462. The predicted molar refractivity (Wildman–Crippen MR) is 79.9 cm³/mol. The number of nitrogens with one attached hydrogen (secondary N) is 1. The van der Waals surface area contributed by atoms with E-state index in [1.165, 1.54) is 23.4 Å². The van der Waals surface area contributed by atoms with E-state index in [1.54, 1.807) is 12.1 Å². The Bertz CT molecular complexity index is 589. The minimum Gasteiger partial charge on any atom is -0.314 e. The monoisotopic (exact) mass is 318 g/mol. The van der Waals surface area contributed by atoms with Crippen molar-refractivity contribution < 1.29 is 13.2 Å². The fourth-order valence-corrected chi connectivity index (χ4v) is 3.87. The number of ketones is 1. The highest BCUT2D eigenvalue weighted by Crippen LogP contribution is 2.20. The van der Waals surface area contributed by atoms with E-state index in [0.29, 0.717) is 25.2 Å². The molecule has 5 nitrogen and oxygen atoms in total. The summed E-state index contributed by atoms with van der Waals surface area (Å²) < 4.78 is 26.6. The van der Waals surface area contributed by atoms with E-state index in [9.17, 15) is 13.2 Å². The molecular formula is C13H19ClN2O3S. The molecule has 7 heteroatoms. The normalized spacial score (nSPS) is 20.2. The predicted octanol–water partition coefficient (Wildman–Crippen LogP) is 1.29. The Hall–Kier alpha value is -0.950. The minimum atomic E-state index is -3.53. The number of rotatable bonds is 3. The summed E-state index contributed by atoms with van der Waals surface area (Å²) in [7, 11) is -3.53. The number of carbonyl (C=O) groups excluding carboxylic acids is 1. The maximum atomic E-state index is 12.6.